The van der Waals surface area contributed by atoms with Crippen LogP contribution in [0.4, 0.5) is 71.8 Å². The number of halogens is 15. The number of imidazole rings is 1. The summed E-state index contributed by atoms with van der Waals surface area (Å²) < 4.78 is 223. The average Bonchev–Trinajstić information content (AvgIpc) is 3.74. The van der Waals surface area contributed by atoms with Crippen molar-refractivity contribution in [1.82, 2.24) is 7.76 Å². The van der Waals surface area contributed by atoms with E-state index in [4.69, 9.17) is 0 Å². The second-order valence-electron chi connectivity index (χ2n) is 21.2. The van der Waals surface area contributed by atoms with Gasteiger partial charge in [-0.2, -0.15) is 6.82 Å². The number of anilines is 1. The fraction of sp³-hybridized carbons (Fsp3) is 0.353. The Bertz CT molecular complexity index is 2810. The smallest absolute Gasteiger partial charge is 0.200 e. The van der Waals surface area contributed by atoms with Crippen LogP contribution < -0.4 is 24.5 Å². The summed E-state index contributed by atoms with van der Waals surface area (Å²) in [7, 11) is -3.20. The van der Waals surface area contributed by atoms with E-state index < -0.39 is 142 Å². The van der Waals surface area contributed by atoms with Crippen molar-refractivity contribution in [2.75, 3.05) is 3.52 Å². The third-order valence-corrected chi connectivity index (χ3v) is 34.9. The van der Waals surface area contributed by atoms with Crippen molar-refractivity contribution in [2.24, 2.45) is 0 Å². The summed E-state index contributed by atoms with van der Waals surface area (Å²) in [5.74, 6) is -41.9. The van der Waals surface area contributed by atoms with Crippen molar-refractivity contribution < 1.29 is 70.4 Å². The Morgan fingerprint density at radius 2 is 0.757 bits per heavy atom. The summed E-state index contributed by atoms with van der Waals surface area (Å²) in [6.07, 6.45) is -0.668. The van der Waals surface area contributed by atoms with Gasteiger partial charge in [-0.15, -0.1) is 16.4 Å². The molecule has 4 nitrogen and oxygen atoms in total. The predicted octanol–water partition coefficient (Wildman–Crippen LogP) is 13.3. The van der Waals surface area contributed by atoms with E-state index in [0.29, 0.717) is 23.7 Å². The van der Waals surface area contributed by atoms with Crippen LogP contribution in [0.25, 0.3) is 11.4 Å². The van der Waals surface area contributed by atoms with Gasteiger partial charge in [0.2, 0.25) is 0 Å². The number of para-hydroxylation sites is 2. The Morgan fingerprint density at radius 1 is 0.473 bits per heavy atom. The Morgan fingerprint density at radius 3 is 1.03 bits per heavy atom. The third-order valence-electron chi connectivity index (χ3n) is 13.6. The third kappa shape index (κ3) is 9.44. The van der Waals surface area contributed by atoms with E-state index in [1.54, 1.807) is 0 Å². The van der Waals surface area contributed by atoms with Gasteiger partial charge >= 0.3 is 249 Å². The molecular weight excluding hydrogens is 1090 g/mol. The first-order valence-electron chi connectivity index (χ1n) is 23.6. The van der Waals surface area contributed by atoms with E-state index in [9.17, 15) is 65.9 Å². The molecule has 0 atom stereocenters. The minimum atomic E-state index is -5.41. The van der Waals surface area contributed by atoms with Crippen molar-refractivity contribution in [2.45, 2.75) is 119 Å². The minimum Gasteiger partial charge on any atom is -0.207 e. The van der Waals surface area contributed by atoms with Crippen LogP contribution in [-0.4, -0.2) is 46.4 Å². The molecule has 5 aromatic carbocycles. The molecule has 0 saturated carbocycles. The molecule has 2 heterocycles. The second-order valence-corrected chi connectivity index (χ2v) is 35.4. The number of aromatic nitrogens is 2. The number of hydrogen-bond donors (Lipinski definition) is 0. The fourth-order valence-electron chi connectivity index (χ4n) is 10.0. The fourth-order valence-corrected chi connectivity index (χ4v) is 27.3. The van der Waals surface area contributed by atoms with Crippen LogP contribution in [0.15, 0.2) is 48.8 Å². The van der Waals surface area contributed by atoms with Gasteiger partial charge in [-0.3, -0.25) is 0 Å². The molecule has 0 spiro atoms. The van der Waals surface area contributed by atoms with Crippen LogP contribution in [0.3, 0.4) is 0 Å². The van der Waals surface area contributed by atoms with Crippen LogP contribution >= 0.6 is 0 Å². The van der Waals surface area contributed by atoms with Gasteiger partial charge in [-0.1, -0.05) is 0 Å². The van der Waals surface area contributed by atoms with Gasteiger partial charge in [0.25, 0.3) is 0 Å². The molecule has 6 aromatic rings. The standard InChI is InChI=1S/C32H51GeN4Si2.C19H3BF15/c1-22(2)26-16-14-17-27(23(3)4)30(26)34-20-21-35(31-28(24(5)6)18-15-19-29(31)25(7)8)32(34)36-33-37(38(9,10)11)39(36,12)13;1-20(2-5(21)11(27)17(33)12(28)6(2)22,3-7(23)13(29)18(34)14(30)8(3)24)4-9(25)15(31)19(35)16(32)10(4)26/h14-25H,1-13H3;1H3/q+1;-1. The molecule has 1 aliphatic heterocycles. The maximum Gasteiger partial charge on any atom is 0.200 e. The number of hydrogen-bond acceptors (Lipinski definition) is 2. The minimum absolute atomic E-state index is 0.213. The zero-order valence-corrected chi connectivity index (χ0v) is 47.1. The van der Waals surface area contributed by atoms with Crippen LogP contribution in [-0.2, 0) is 0 Å². The molecule has 0 bridgehead atoms. The largest absolute Gasteiger partial charge is 0.207 e. The molecule has 1 saturated heterocycles. The van der Waals surface area contributed by atoms with Crippen molar-refractivity contribution >= 4 is 61.0 Å². The summed E-state index contributed by atoms with van der Waals surface area (Å²) in [6, 6.07) is 13.9. The zero-order chi connectivity index (χ0) is 55.9. The summed E-state index contributed by atoms with van der Waals surface area (Å²) >= 11 is -0.416. The van der Waals surface area contributed by atoms with Crippen LogP contribution in [0, 0.1) is 87.3 Å². The molecule has 0 unspecified atom stereocenters. The quantitative estimate of drug-likeness (QED) is 0.0422. The monoisotopic (exact) mass is 1150 g/mol. The van der Waals surface area contributed by atoms with Crippen molar-refractivity contribution in [3.8, 4) is 11.4 Å². The molecule has 23 heteroatoms. The van der Waals surface area contributed by atoms with E-state index in [-0.39, 0.29) is 6.82 Å². The molecule has 398 valence electrons. The van der Waals surface area contributed by atoms with Crippen LogP contribution in [0.1, 0.15) is 101 Å². The Balaban J connectivity index is 0.000000242. The van der Waals surface area contributed by atoms with Crippen LogP contribution in [0.2, 0.25) is 39.6 Å². The molecule has 1 aromatic heterocycles. The first kappa shape index (κ1) is 58.3. The van der Waals surface area contributed by atoms with E-state index in [1.807, 2.05) is 0 Å². The van der Waals surface area contributed by atoms with E-state index in [2.05, 4.69) is 153 Å². The summed E-state index contributed by atoms with van der Waals surface area (Å²) in [5, 5.41) is 0. The van der Waals surface area contributed by atoms with Gasteiger partial charge in [0.15, 0.2) is 52.4 Å². The second kappa shape index (κ2) is 20.9. The summed E-state index contributed by atoms with van der Waals surface area (Å²) in [4.78, 5) is 0. The number of nitrogens with zero attached hydrogens (tertiary/aromatic N) is 4. The molecule has 0 amide bonds. The zero-order valence-electron chi connectivity index (χ0n) is 43.0. The maximum absolute atomic E-state index is 14.6. The van der Waals surface area contributed by atoms with E-state index in [0.717, 1.165) is 0 Å². The Labute approximate surface area is 429 Å². The normalized spacial score (nSPS) is 14.2. The van der Waals surface area contributed by atoms with Crippen molar-refractivity contribution in [1.29, 1.82) is 0 Å². The molecule has 1 fully saturated rings. The Kier molecular flexibility index (Phi) is 16.5. The summed E-state index contributed by atoms with van der Waals surface area (Å²) in [5.41, 5.74) is 0.650. The number of rotatable bonds is 11. The van der Waals surface area contributed by atoms with Gasteiger partial charge < -0.3 is 0 Å². The first-order chi connectivity index (χ1) is 34.1. The van der Waals surface area contributed by atoms with E-state index in [1.165, 1.54) is 39.6 Å². The van der Waals surface area contributed by atoms with Gasteiger partial charge in [-0.25, -0.2) is 65.9 Å². The molecule has 0 aliphatic carbocycles. The molecule has 1 aliphatic rings. The first-order valence-corrected chi connectivity index (χ1v) is 31.8. The van der Waals surface area contributed by atoms with Crippen LogP contribution in [0.5, 0.6) is 0 Å². The Hall–Kier alpha value is -4.94. The van der Waals surface area contributed by atoms with Crippen molar-refractivity contribution in [3.63, 3.8) is 0 Å². The topological polar surface area (TPSA) is 15.3 Å². The molecular formula is C51H54BF15GeN4Si2. The SMILES string of the molecule is CC(C)c1cccc(C(C)C)c1-n1cc[n+](-c2c(C(C)C)cccc2C(C)C)c1[N]1[Ge][N]([Si](C)(C)C)[Si]1(C)C.C[B-](c1c(F)c(F)c(F)c(F)c1F)(c1c(F)c(F)c(F)c(F)c1F)c1c(F)c(F)c(F)c(F)c1F. The number of benzene rings is 5. The van der Waals surface area contributed by atoms with Crippen molar-refractivity contribution in [3.05, 3.63) is 158 Å². The molecule has 0 N–H and O–H groups in total. The van der Waals surface area contributed by atoms with Gasteiger partial charge in [-0.05, 0) is 0 Å². The van der Waals surface area contributed by atoms with Gasteiger partial charge in [0, 0.05) is 0 Å². The van der Waals surface area contributed by atoms with E-state index >= 15 is 0 Å². The van der Waals surface area contributed by atoms with Gasteiger partial charge in [0.05, 0.1) is 0 Å². The van der Waals surface area contributed by atoms with Gasteiger partial charge in [0.1, 0.15) is 41.0 Å². The predicted molar refractivity (Wildman–Crippen MR) is 264 cm³/mol. The summed E-state index contributed by atoms with van der Waals surface area (Å²) in [6.45, 7) is 31.3. The molecule has 2 radical (unpaired) electrons. The molecule has 7 rings (SSSR count). The molecule has 74 heavy (non-hydrogen) atoms. The maximum atomic E-state index is 14.6. The average molecular weight is 1150 g/mol.